The molecule has 0 amide bonds. The Hall–Kier alpha value is -1.23. The third kappa shape index (κ3) is 4.92. The molecule has 2 nitrogen and oxygen atoms in total. The molecule has 0 heterocycles. The fourth-order valence-electron chi connectivity index (χ4n) is 2.87. The molecule has 0 atom stereocenters. The fraction of sp³-hybridized carbons (Fsp3) is 0.625. The van der Waals surface area contributed by atoms with E-state index in [2.05, 4.69) is 22.3 Å². The summed E-state index contributed by atoms with van der Waals surface area (Å²) in [4.78, 5) is 2.10. The van der Waals surface area contributed by atoms with Crippen molar-refractivity contribution >= 4 is 5.69 Å². The van der Waals surface area contributed by atoms with Gasteiger partial charge < -0.3 is 10.2 Å². The molecule has 1 fully saturated rings. The molecule has 0 saturated heterocycles. The van der Waals surface area contributed by atoms with Gasteiger partial charge in [-0.1, -0.05) is 12.1 Å². The lowest BCUT2D eigenvalue weighted by atomic mass is 9.85. The van der Waals surface area contributed by atoms with E-state index in [1.54, 1.807) is 0 Å². The molecule has 1 aliphatic carbocycles. The maximum atomic E-state index is 12.6. The van der Waals surface area contributed by atoms with Gasteiger partial charge in [0.05, 0.1) is 5.92 Å². The van der Waals surface area contributed by atoms with Crippen molar-refractivity contribution in [2.45, 2.75) is 44.4 Å². The number of halogens is 3. The van der Waals surface area contributed by atoms with Gasteiger partial charge in [-0.05, 0) is 57.5 Å². The second-order valence-corrected chi connectivity index (χ2v) is 6.17. The van der Waals surface area contributed by atoms with E-state index >= 15 is 0 Å². The van der Waals surface area contributed by atoms with E-state index in [1.165, 1.54) is 5.56 Å². The van der Waals surface area contributed by atoms with Gasteiger partial charge >= 0.3 is 6.18 Å². The Labute approximate surface area is 124 Å². The van der Waals surface area contributed by atoms with Gasteiger partial charge in [-0.15, -0.1) is 0 Å². The molecular weight excluding hydrogens is 277 g/mol. The highest BCUT2D eigenvalue weighted by molar-refractivity contribution is 5.45. The van der Waals surface area contributed by atoms with Crippen molar-refractivity contribution in [2.24, 2.45) is 5.92 Å². The molecule has 0 unspecified atom stereocenters. The van der Waals surface area contributed by atoms with E-state index in [1.807, 2.05) is 26.2 Å². The number of alkyl halides is 3. The minimum Gasteiger partial charge on any atom is -0.382 e. The summed E-state index contributed by atoms with van der Waals surface area (Å²) in [6.45, 7) is 0.886. The molecule has 118 valence electrons. The van der Waals surface area contributed by atoms with Gasteiger partial charge in [-0.25, -0.2) is 0 Å². The van der Waals surface area contributed by atoms with Crippen LogP contribution in [0.2, 0.25) is 0 Å². The van der Waals surface area contributed by atoms with Gasteiger partial charge in [0.1, 0.15) is 0 Å². The zero-order valence-corrected chi connectivity index (χ0v) is 12.6. The Morgan fingerprint density at radius 1 is 1.05 bits per heavy atom. The summed E-state index contributed by atoms with van der Waals surface area (Å²) in [5.41, 5.74) is 2.22. The van der Waals surface area contributed by atoms with E-state index in [0.717, 1.165) is 12.2 Å². The Balaban J connectivity index is 1.83. The fourth-order valence-corrected chi connectivity index (χ4v) is 2.87. The predicted octanol–water partition coefficient (Wildman–Crippen LogP) is 4.28. The van der Waals surface area contributed by atoms with Crippen molar-refractivity contribution < 1.29 is 13.2 Å². The molecular formula is C16H23F3N2. The molecule has 0 aliphatic heterocycles. The van der Waals surface area contributed by atoms with Crippen molar-refractivity contribution in [1.82, 2.24) is 4.90 Å². The third-order valence-corrected chi connectivity index (χ3v) is 4.01. The lowest BCUT2D eigenvalue weighted by Crippen LogP contribution is -2.32. The van der Waals surface area contributed by atoms with Crippen LogP contribution in [0.5, 0.6) is 0 Å². The predicted molar refractivity (Wildman–Crippen MR) is 79.3 cm³/mol. The van der Waals surface area contributed by atoms with Crippen molar-refractivity contribution in [3.8, 4) is 0 Å². The lowest BCUT2D eigenvalue weighted by molar-refractivity contribution is -0.182. The molecule has 0 spiro atoms. The highest BCUT2D eigenvalue weighted by Crippen LogP contribution is 2.38. The van der Waals surface area contributed by atoms with Gasteiger partial charge in [0.2, 0.25) is 0 Å². The van der Waals surface area contributed by atoms with E-state index in [9.17, 15) is 13.2 Å². The van der Waals surface area contributed by atoms with Gasteiger partial charge in [0.25, 0.3) is 0 Å². The summed E-state index contributed by atoms with van der Waals surface area (Å²) in [5.74, 6) is -1.11. The Morgan fingerprint density at radius 2 is 1.62 bits per heavy atom. The van der Waals surface area contributed by atoms with Crippen LogP contribution in [0.1, 0.15) is 31.2 Å². The van der Waals surface area contributed by atoms with Crippen LogP contribution in [-0.2, 0) is 6.54 Å². The van der Waals surface area contributed by atoms with Crippen LogP contribution >= 0.6 is 0 Å². The summed E-state index contributed by atoms with van der Waals surface area (Å²) < 4.78 is 37.9. The van der Waals surface area contributed by atoms with Gasteiger partial charge in [-0.3, -0.25) is 0 Å². The van der Waals surface area contributed by atoms with Crippen molar-refractivity contribution in [2.75, 3.05) is 19.4 Å². The summed E-state index contributed by atoms with van der Waals surface area (Å²) in [6, 6.07) is 8.29. The highest BCUT2D eigenvalue weighted by Gasteiger charge is 2.41. The van der Waals surface area contributed by atoms with Crippen LogP contribution in [0.15, 0.2) is 24.3 Å². The quantitative estimate of drug-likeness (QED) is 0.893. The van der Waals surface area contributed by atoms with Gasteiger partial charge in [0.15, 0.2) is 0 Å². The first kappa shape index (κ1) is 16.1. The minimum absolute atomic E-state index is 0.156. The molecule has 1 N–H and O–H groups in total. The maximum absolute atomic E-state index is 12.6. The zero-order chi connectivity index (χ0) is 15.5. The average Bonchev–Trinajstić information content (AvgIpc) is 2.40. The van der Waals surface area contributed by atoms with E-state index < -0.39 is 12.1 Å². The van der Waals surface area contributed by atoms with Crippen LogP contribution in [0.4, 0.5) is 18.9 Å². The van der Waals surface area contributed by atoms with Crippen molar-refractivity contribution in [1.29, 1.82) is 0 Å². The number of anilines is 1. The Bertz CT molecular complexity index is 432. The number of rotatable bonds is 4. The summed E-state index contributed by atoms with van der Waals surface area (Å²) in [6.07, 6.45) is -2.38. The normalized spacial score (nSPS) is 23.3. The maximum Gasteiger partial charge on any atom is 0.391 e. The largest absolute Gasteiger partial charge is 0.391 e. The van der Waals surface area contributed by atoms with Crippen LogP contribution < -0.4 is 5.32 Å². The smallest absolute Gasteiger partial charge is 0.382 e. The van der Waals surface area contributed by atoms with Crippen LogP contribution in [0.3, 0.4) is 0 Å². The number of nitrogens with one attached hydrogen (secondary N) is 1. The molecule has 2 rings (SSSR count). The first-order valence-corrected chi connectivity index (χ1v) is 7.41. The molecule has 0 aromatic heterocycles. The van der Waals surface area contributed by atoms with Crippen LogP contribution in [0, 0.1) is 5.92 Å². The van der Waals surface area contributed by atoms with Gasteiger partial charge in [-0.2, -0.15) is 13.2 Å². The standard InChI is InChI=1S/C16H23F3N2/c1-21(2)11-12-3-7-14(8-4-12)20-15-9-5-13(6-10-15)16(17,18)19/h3-4,7-8,13,15,20H,5-6,9-11H2,1-2H3. The molecule has 0 bridgehead atoms. The highest BCUT2D eigenvalue weighted by atomic mass is 19.4. The topological polar surface area (TPSA) is 15.3 Å². The first-order valence-electron chi connectivity index (χ1n) is 7.41. The molecule has 5 heteroatoms. The van der Waals surface area contributed by atoms with E-state index in [4.69, 9.17) is 0 Å². The summed E-state index contributed by atoms with van der Waals surface area (Å²) >= 11 is 0. The molecule has 1 aromatic rings. The van der Waals surface area contributed by atoms with Crippen molar-refractivity contribution in [3.63, 3.8) is 0 Å². The second-order valence-electron chi connectivity index (χ2n) is 6.17. The van der Waals surface area contributed by atoms with Crippen LogP contribution in [-0.4, -0.2) is 31.2 Å². The summed E-state index contributed by atoms with van der Waals surface area (Å²) in [5, 5.41) is 3.35. The SMILES string of the molecule is CN(C)Cc1ccc(NC2CCC(C(F)(F)F)CC2)cc1. The number of benzene rings is 1. The number of hydrogen-bond acceptors (Lipinski definition) is 2. The summed E-state index contributed by atoms with van der Waals surface area (Å²) in [7, 11) is 4.04. The lowest BCUT2D eigenvalue weighted by Gasteiger charge is -2.30. The third-order valence-electron chi connectivity index (χ3n) is 4.01. The molecule has 0 radical (unpaired) electrons. The number of nitrogens with zero attached hydrogens (tertiary/aromatic N) is 1. The zero-order valence-electron chi connectivity index (χ0n) is 12.6. The van der Waals surface area contributed by atoms with E-state index in [-0.39, 0.29) is 18.9 Å². The molecule has 21 heavy (non-hydrogen) atoms. The Kier molecular flexibility index (Phi) is 5.14. The minimum atomic E-state index is -4.03. The number of hydrogen-bond donors (Lipinski definition) is 1. The average molecular weight is 300 g/mol. The second kappa shape index (κ2) is 6.69. The molecule has 1 aromatic carbocycles. The van der Waals surface area contributed by atoms with Gasteiger partial charge in [0, 0.05) is 18.3 Å². The van der Waals surface area contributed by atoms with E-state index in [0.29, 0.717) is 12.8 Å². The Morgan fingerprint density at radius 3 is 2.10 bits per heavy atom. The van der Waals surface area contributed by atoms with Crippen LogP contribution in [0.25, 0.3) is 0 Å². The molecule has 1 aliphatic rings. The first-order chi connectivity index (χ1) is 9.84. The molecule has 1 saturated carbocycles. The van der Waals surface area contributed by atoms with Crippen molar-refractivity contribution in [3.05, 3.63) is 29.8 Å². The monoisotopic (exact) mass is 300 g/mol.